The fourth-order valence-electron chi connectivity index (χ4n) is 1.05. The number of aliphatic hydroxyl groups is 1. The lowest BCUT2D eigenvalue weighted by molar-refractivity contribution is 0.0481. The zero-order chi connectivity index (χ0) is 9.02. The van der Waals surface area contributed by atoms with Crippen LogP contribution in [0, 0.1) is 17.8 Å². The molecule has 0 aromatic carbocycles. The number of aliphatic hydroxyl groups excluding tert-OH is 1. The van der Waals surface area contributed by atoms with E-state index in [1.807, 2.05) is 6.92 Å². The van der Waals surface area contributed by atoms with Crippen molar-refractivity contribution >= 4 is 0 Å². The van der Waals surface area contributed by atoms with Crippen LogP contribution < -0.4 is 5.73 Å². The van der Waals surface area contributed by atoms with Crippen LogP contribution in [0.1, 0.15) is 27.7 Å². The van der Waals surface area contributed by atoms with Gasteiger partial charge in [-0.3, -0.25) is 0 Å². The minimum Gasteiger partial charge on any atom is -0.393 e. The Labute approximate surface area is 69.8 Å². The largest absolute Gasteiger partial charge is 0.393 e. The summed E-state index contributed by atoms with van der Waals surface area (Å²) in [5.74, 6) is 1.08. The monoisotopic (exact) mass is 159 g/mol. The molecule has 11 heavy (non-hydrogen) atoms. The Bertz CT molecular complexity index is 104. The number of nitrogens with two attached hydrogens (primary N) is 1. The van der Waals surface area contributed by atoms with Crippen LogP contribution in [0.5, 0.6) is 0 Å². The second-order valence-corrected chi connectivity index (χ2v) is 3.81. The third-order valence-corrected chi connectivity index (χ3v) is 2.55. The van der Waals surface area contributed by atoms with Crippen molar-refractivity contribution in [2.75, 3.05) is 6.54 Å². The molecule has 0 bridgehead atoms. The van der Waals surface area contributed by atoms with Gasteiger partial charge < -0.3 is 10.8 Å². The fraction of sp³-hybridized carbons (Fsp3) is 1.00. The first-order chi connectivity index (χ1) is 5.00. The minimum absolute atomic E-state index is 0.215. The van der Waals surface area contributed by atoms with Gasteiger partial charge >= 0.3 is 0 Å². The van der Waals surface area contributed by atoms with E-state index in [9.17, 15) is 5.11 Å². The van der Waals surface area contributed by atoms with E-state index in [-0.39, 0.29) is 12.0 Å². The normalized spacial score (nSPS) is 19.9. The summed E-state index contributed by atoms with van der Waals surface area (Å²) in [6, 6.07) is 0. The van der Waals surface area contributed by atoms with Crippen molar-refractivity contribution in [2.24, 2.45) is 23.5 Å². The molecule has 3 atom stereocenters. The highest BCUT2D eigenvalue weighted by molar-refractivity contribution is 4.73. The number of rotatable bonds is 4. The summed E-state index contributed by atoms with van der Waals surface area (Å²) < 4.78 is 0. The van der Waals surface area contributed by atoms with Gasteiger partial charge in [0.05, 0.1) is 6.10 Å². The van der Waals surface area contributed by atoms with E-state index in [4.69, 9.17) is 5.73 Å². The lowest BCUT2D eigenvalue weighted by Crippen LogP contribution is -2.33. The van der Waals surface area contributed by atoms with E-state index in [1.54, 1.807) is 0 Å². The average molecular weight is 159 g/mol. The van der Waals surface area contributed by atoms with Crippen LogP contribution in [0.15, 0.2) is 0 Å². The molecule has 0 aliphatic carbocycles. The van der Waals surface area contributed by atoms with E-state index in [1.165, 1.54) is 0 Å². The highest BCUT2D eigenvalue weighted by Crippen LogP contribution is 2.19. The lowest BCUT2D eigenvalue weighted by Gasteiger charge is -2.26. The molecule has 0 saturated heterocycles. The van der Waals surface area contributed by atoms with Crippen LogP contribution in [0.3, 0.4) is 0 Å². The average Bonchev–Trinajstić information content (AvgIpc) is 2.00. The van der Waals surface area contributed by atoms with Crippen molar-refractivity contribution in [1.82, 2.24) is 0 Å². The highest BCUT2D eigenvalue weighted by atomic mass is 16.3. The Morgan fingerprint density at radius 1 is 1.18 bits per heavy atom. The molecule has 0 heterocycles. The van der Waals surface area contributed by atoms with Crippen molar-refractivity contribution in [3.63, 3.8) is 0 Å². The molecule has 0 amide bonds. The predicted octanol–water partition coefficient (Wildman–Crippen LogP) is 1.23. The van der Waals surface area contributed by atoms with Gasteiger partial charge in [0.15, 0.2) is 0 Å². The molecular formula is C9H21NO. The molecule has 0 fully saturated rings. The van der Waals surface area contributed by atoms with Crippen molar-refractivity contribution in [3.05, 3.63) is 0 Å². The molecule has 0 saturated carbocycles. The maximum atomic E-state index is 9.68. The maximum absolute atomic E-state index is 9.68. The van der Waals surface area contributed by atoms with E-state index >= 15 is 0 Å². The molecule has 0 radical (unpaired) electrons. The molecule has 3 N–H and O–H groups in total. The quantitative estimate of drug-likeness (QED) is 0.648. The molecule has 2 heteroatoms. The van der Waals surface area contributed by atoms with Crippen LogP contribution >= 0.6 is 0 Å². The van der Waals surface area contributed by atoms with Crippen LogP contribution in [0.25, 0.3) is 0 Å². The predicted molar refractivity (Wildman–Crippen MR) is 48.2 cm³/mol. The van der Waals surface area contributed by atoms with Gasteiger partial charge in [-0.25, -0.2) is 0 Å². The first kappa shape index (κ1) is 10.9. The van der Waals surface area contributed by atoms with Crippen LogP contribution in [-0.4, -0.2) is 17.8 Å². The smallest absolute Gasteiger partial charge is 0.0605 e. The zero-order valence-corrected chi connectivity index (χ0v) is 8.04. The summed E-state index contributed by atoms with van der Waals surface area (Å²) in [4.78, 5) is 0. The van der Waals surface area contributed by atoms with Crippen molar-refractivity contribution < 1.29 is 5.11 Å². The minimum atomic E-state index is -0.250. The van der Waals surface area contributed by atoms with Crippen molar-refractivity contribution in [1.29, 1.82) is 0 Å². The van der Waals surface area contributed by atoms with E-state index in [0.29, 0.717) is 18.4 Å². The highest BCUT2D eigenvalue weighted by Gasteiger charge is 2.22. The van der Waals surface area contributed by atoms with E-state index in [2.05, 4.69) is 20.8 Å². The maximum Gasteiger partial charge on any atom is 0.0605 e. The van der Waals surface area contributed by atoms with E-state index in [0.717, 1.165) is 0 Å². The first-order valence-electron chi connectivity index (χ1n) is 4.38. The van der Waals surface area contributed by atoms with Gasteiger partial charge in [-0.1, -0.05) is 27.7 Å². The topological polar surface area (TPSA) is 46.2 Å². The molecule has 0 aromatic heterocycles. The molecule has 0 aromatic rings. The molecule has 68 valence electrons. The second-order valence-electron chi connectivity index (χ2n) is 3.81. The second kappa shape index (κ2) is 4.73. The van der Waals surface area contributed by atoms with Gasteiger partial charge in [0.25, 0.3) is 0 Å². The summed E-state index contributed by atoms with van der Waals surface area (Å²) in [6.07, 6.45) is -0.250. The van der Waals surface area contributed by atoms with Gasteiger partial charge in [0.1, 0.15) is 0 Å². The Morgan fingerprint density at radius 2 is 1.64 bits per heavy atom. The summed E-state index contributed by atoms with van der Waals surface area (Å²) in [5, 5.41) is 9.68. The number of hydrogen-bond donors (Lipinski definition) is 2. The van der Waals surface area contributed by atoms with Gasteiger partial charge in [0.2, 0.25) is 0 Å². The van der Waals surface area contributed by atoms with Crippen LogP contribution in [0.2, 0.25) is 0 Å². The Balaban J connectivity index is 3.90. The van der Waals surface area contributed by atoms with Crippen molar-refractivity contribution in [2.45, 2.75) is 33.8 Å². The van der Waals surface area contributed by atoms with E-state index < -0.39 is 0 Å². The Kier molecular flexibility index (Phi) is 4.69. The molecular weight excluding hydrogens is 138 g/mol. The summed E-state index contributed by atoms with van der Waals surface area (Å²) in [7, 11) is 0. The zero-order valence-electron chi connectivity index (χ0n) is 8.04. The first-order valence-corrected chi connectivity index (χ1v) is 4.38. The summed E-state index contributed by atoms with van der Waals surface area (Å²) in [5.41, 5.74) is 5.45. The van der Waals surface area contributed by atoms with Crippen molar-refractivity contribution in [3.8, 4) is 0 Å². The van der Waals surface area contributed by atoms with Gasteiger partial charge in [0, 0.05) is 0 Å². The SMILES string of the molecule is CC(C)C(C)C(O)C(C)CN. The van der Waals surface area contributed by atoms with Gasteiger partial charge in [-0.15, -0.1) is 0 Å². The van der Waals surface area contributed by atoms with Crippen LogP contribution in [-0.2, 0) is 0 Å². The summed E-state index contributed by atoms with van der Waals surface area (Å²) in [6.45, 7) is 8.87. The lowest BCUT2D eigenvalue weighted by atomic mass is 9.86. The number of hydrogen-bond acceptors (Lipinski definition) is 2. The molecule has 0 aliphatic heterocycles. The standard InChI is InChI=1S/C9H21NO/c1-6(2)8(4)9(11)7(3)5-10/h6-9,11H,5,10H2,1-4H3. The molecule has 2 nitrogen and oxygen atoms in total. The molecule has 0 aliphatic rings. The summed E-state index contributed by atoms with van der Waals surface area (Å²) >= 11 is 0. The molecule has 3 unspecified atom stereocenters. The third kappa shape index (κ3) is 3.21. The van der Waals surface area contributed by atoms with Gasteiger partial charge in [-0.05, 0) is 24.3 Å². The molecule has 0 spiro atoms. The fourth-order valence-corrected chi connectivity index (χ4v) is 1.05. The Morgan fingerprint density at radius 3 is 1.91 bits per heavy atom. The Hall–Kier alpha value is -0.0800. The molecule has 0 rings (SSSR count). The van der Waals surface area contributed by atoms with Gasteiger partial charge in [-0.2, -0.15) is 0 Å². The third-order valence-electron chi connectivity index (χ3n) is 2.55. The van der Waals surface area contributed by atoms with Crippen LogP contribution in [0.4, 0.5) is 0 Å².